The first-order valence-corrected chi connectivity index (χ1v) is 12.2. The number of amidine groups is 1. The summed E-state index contributed by atoms with van der Waals surface area (Å²) in [5.74, 6) is 1.75. The standard InChI is InChI=1S/C25H33N6O3/c1-5-34-20-11-9-19(10-12-20)30-17(2)18(3)31-21-22(26-24(30)31)27(4)25(33)29(23(21)32)16-15-28-13-7-6-8-14-28/h9-12,21H,5-8,13-16H2,1-4H3/q+1. The molecule has 2 fully saturated rings. The van der Waals surface area contributed by atoms with Crippen LogP contribution in [0.1, 0.15) is 43.6 Å². The summed E-state index contributed by atoms with van der Waals surface area (Å²) in [7, 11) is 1.71. The highest BCUT2D eigenvalue weighted by Gasteiger charge is 2.54. The molecule has 0 aliphatic carbocycles. The van der Waals surface area contributed by atoms with E-state index in [1.54, 1.807) is 7.05 Å². The van der Waals surface area contributed by atoms with Crippen molar-refractivity contribution in [1.82, 2.24) is 19.3 Å². The summed E-state index contributed by atoms with van der Waals surface area (Å²) < 4.78 is 9.59. The highest BCUT2D eigenvalue weighted by atomic mass is 16.5. The van der Waals surface area contributed by atoms with Gasteiger partial charge >= 0.3 is 12.0 Å². The van der Waals surface area contributed by atoms with E-state index >= 15 is 0 Å². The molecule has 1 unspecified atom stereocenters. The number of aliphatic imine (C=N–C) groups is 1. The van der Waals surface area contributed by atoms with E-state index in [1.165, 1.54) is 29.1 Å². The van der Waals surface area contributed by atoms with Gasteiger partial charge in [0.2, 0.25) is 11.9 Å². The minimum absolute atomic E-state index is 0.199. The SMILES string of the molecule is CCOc1ccc(-n2c(C)c(C)[n+]3c2N=C2C3C(=O)N(CCN3CCCCC3)C(=O)N2C)cc1. The Hall–Kier alpha value is -3.20. The van der Waals surface area contributed by atoms with Crippen molar-refractivity contribution < 1.29 is 18.9 Å². The van der Waals surface area contributed by atoms with Crippen molar-refractivity contribution in [2.24, 2.45) is 4.99 Å². The molecule has 9 nitrogen and oxygen atoms in total. The number of hydrogen-bond acceptors (Lipinski definition) is 5. The number of carbonyl (C=O) groups excluding carboxylic acids is 2. The number of benzene rings is 1. The summed E-state index contributed by atoms with van der Waals surface area (Å²) in [4.78, 5) is 36.9. The highest BCUT2D eigenvalue weighted by Crippen LogP contribution is 2.33. The van der Waals surface area contributed by atoms with Gasteiger partial charge in [0, 0.05) is 20.1 Å². The van der Waals surface area contributed by atoms with Crippen LogP contribution in [0.3, 0.4) is 0 Å². The van der Waals surface area contributed by atoms with Gasteiger partial charge in [0.1, 0.15) is 22.8 Å². The first-order chi connectivity index (χ1) is 16.4. The van der Waals surface area contributed by atoms with E-state index in [4.69, 9.17) is 9.73 Å². The number of imidazole rings is 1. The predicted molar refractivity (Wildman–Crippen MR) is 128 cm³/mol. The second-order valence-electron chi connectivity index (χ2n) is 9.21. The van der Waals surface area contributed by atoms with E-state index in [2.05, 4.69) is 4.90 Å². The minimum Gasteiger partial charge on any atom is -0.494 e. The molecular formula is C25H33N6O3+. The Bertz CT molecular complexity index is 1150. The van der Waals surface area contributed by atoms with E-state index < -0.39 is 6.04 Å². The zero-order valence-electron chi connectivity index (χ0n) is 20.5. The number of rotatable bonds is 6. The number of likely N-dealkylation sites (tertiary alicyclic amines) is 1. The van der Waals surface area contributed by atoms with Crippen LogP contribution in [-0.4, -0.2) is 76.9 Å². The van der Waals surface area contributed by atoms with Crippen LogP contribution in [0, 0.1) is 13.8 Å². The van der Waals surface area contributed by atoms with Gasteiger partial charge in [-0.15, -0.1) is 0 Å². The number of imide groups is 1. The number of amides is 3. The maximum absolute atomic E-state index is 13.7. The zero-order valence-corrected chi connectivity index (χ0v) is 20.5. The van der Waals surface area contributed by atoms with Gasteiger partial charge in [0.05, 0.1) is 6.61 Å². The van der Waals surface area contributed by atoms with Crippen molar-refractivity contribution in [2.45, 2.75) is 46.1 Å². The maximum atomic E-state index is 13.7. The van der Waals surface area contributed by atoms with Crippen molar-refractivity contribution >= 4 is 23.7 Å². The van der Waals surface area contributed by atoms with Crippen LogP contribution in [0.25, 0.3) is 5.69 Å². The molecular weight excluding hydrogens is 432 g/mol. The first kappa shape index (κ1) is 22.6. The molecule has 4 heterocycles. The van der Waals surface area contributed by atoms with Crippen molar-refractivity contribution in [3.05, 3.63) is 35.7 Å². The van der Waals surface area contributed by atoms with Crippen LogP contribution >= 0.6 is 0 Å². The lowest BCUT2D eigenvalue weighted by molar-refractivity contribution is -0.682. The summed E-state index contributed by atoms with van der Waals surface area (Å²) in [5, 5.41) is 0. The minimum atomic E-state index is -0.623. The first-order valence-electron chi connectivity index (χ1n) is 12.2. The largest absolute Gasteiger partial charge is 0.494 e. The van der Waals surface area contributed by atoms with Gasteiger partial charge in [-0.2, -0.15) is 4.57 Å². The quantitative estimate of drug-likeness (QED) is 0.615. The fourth-order valence-corrected chi connectivity index (χ4v) is 5.23. The monoisotopic (exact) mass is 465 g/mol. The Labute approximate surface area is 200 Å². The molecule has 1 aromatic heterocycles. The molecule has 3 aliphatic heterocycles. The Balaban J connectivity index is 1.47. The third-order valence-electron chi connectivity index (χ3n) is 7.21. The molecule has 0 radical (unpaired) electrons. The van der Waals surface area contributed by atoms with Gasteiger partial charge in [-0.05, 0) is 71.0 Å². The average molecular weight is 466 g/mol. The van der Waals surface area contributed by atoms with E-state index in [0.29, 0.717) is 31.5 Å². The van der Waals surface area contributed by atoms with Crippen LogP contribution in [0.15, 0.2) is 29.3 Å². The van der Waals surface area contributed by atoms with E-state index in [0.717, 1.165) is 35.9 Å². The molecule has 3 aliphatic rings. The number of aromatic nitrogens is 2. The molecule has 0 saturated carbocycles. The number of hydrogen-bond donors (Lipinski definition) is 0. The Morgan fingerprint density at radius 3 is 2.44 bits per heavy atom. The third-order valence-corrected chi connectivity index (χ3v) is 7.21. The Kier molecular flexibility index (Phi) is 5.89. The van der Waals surface area contributed by atoms with E-state index in [-0.39, 0.29) is 11.9 Å². The lowest BCUT2D eigenvalue weighted by atomic mass is 10.1. The molecule has 0 bridgehead atoms. The highest BCUT2D eigenvalue weighted by molar-refractivity contribution is 6.19. The molecule has 3 amide bonds. The van der Waals surface area contributed by atoms with E-state index in [1.807, 2.05) is 54.2 Å². The number of carbonyl (C=O) groups is 2. The molecule has 1 aromatic carbocycles. The van der Waals surface area contributed by atoms with Crippen molar-refractivity contribution in [2.75, 3.05) is 39.8 Å². The molecule has 0 N–H and O–H groups in total. The number of fused-ring (bicyclic) bond motifs is 3. The smallest absolute Gasteiger partial charge is 0.407 e. The van der Waals surface area contributed by atoms with Crippen molar-refractivity contribution in [3.8, 4) is 11.4 Å². The lowest BCUT2D eigenvalue weighted by Gasteiger charge is -2.35. The molecule has 0 spiro atoms. The second kappa shape index (κ2) is 8.87. The maximum Gasteiger partial charge on any atom is 0.407 e. The normalized spacial score (nSPS) is 20.5. The number of likely N-dealkylation sites (N-methyl/N-ethyl adjacent to an activating group) is 1. The Morgan fingerprint density at radius 1 is 1.06 bits per heavy atom. The predicted octanol–water partition coefficient (Wildman–Crippen LogP) is 2.74. The molecule has 2 saturated heterocycles. The van der Waals surface area contributed by atoms with Crippen molar-refractivity contribution in [3.63, 3.8) is 0 Å². The molecule has 2 aromatic rings. The number of urea groups is 1. The number of piperidine rings is 1. The summed E-state index contributed by atoms with van der Waals surface area (Å²) in [6, 6.07) is 6.92. The van der Waals surface area contributed by atoms with Gasteiger partial charge in [-0.1, -0.05) is 11.4 Å². The number of ether oxygens (including phenoxy) is 1. The van der Waals surface area contributed by atoms with Crippen molar-refractivity contribution in [1.29, 1.82) is 0 Å². The summed E-state index contributed by atoms with van der Waals surface area (Å²) in [6.45, 7) is 9.78. The Morgan fingerprint density at radius 2 is 1.76 bits per heavy atom. The van der Waals surface area contributed by atoms with Gasteiger partial charge < -0.3 is 9.64 Å². The second-order valence-corrected chi connectivity index (χ2v) is 9.21. The number of nitrogens with zero attached hydrogens (tertiary/aromatic N) is 6. The van der Waals surface area contributed by atoms with Crippen LogP contribution in [0.4, 0.5) is 10.7 Å². The van der Waals surface area contributed by atoms with Crippen LogP contribution in [0.5, 0.6) is 5.75 Å². The van der Waals surface area contributed by atoms with Gasteiger partial charge in [0.25, 0.3) is 5.91 Å². The zero-order chi connectivity index (χ0) is 24.0. The van der Waals surface area contributed by atoms with E-state index in [9.17, 15) is 9.59 Å². The summed E-state index contributed by atoms with van der Waals surface area (Å²) in [5.41, 5.74) is 2.90. The fourth-order valence-electron chi connectivity index (χ4n) is 5.23. The van der Waals surface area contributed by atoms with Crippen LogP contribution in [-0.2, 0) is 4.79 Å². The fraction of sp³-hybridized carbons (Fsp3) is 0.520. The van der Waals surface area contributed by atoms with Gasteiger partial charge in [-0.25, -0.2) is 9.36 Å². The molecule has 180 valence electrons. The summed E-state index contributed by atoms with van der Waals surface area (Å²) in [6.07, 6.45) is 3.61. The van der Waals surface area contributed by atoms with Crippen LogP contribution < -0.4 is 9.30 Å². The molecule has 1 atom stereocenters. The average Bonchev–Trinajstić information content (AvgIpc) is 3.34. The molecule has 9 heteroatoms. The van der Waals surface area contributed by atoms with Gasteiger partial charge in [-0.3, -0.25) is 14.6 Å². The van der Waals surface area contributed by atoms with Crippen LogP contribution in [0.2, 0.25) is 0 Å². The third kappa shape index (κ3) is 3.58. The lowest BCUT2D eigenvalue weighted by Crippen LogP contribution is -2.64. The molecule has 34 heavy (non-hydrogen) atoms. The summed E-state index contributed by atoms with van der Waals surface area (Å²) >= 11 is 0. The van der Waals surface area contributed by atoms with Gasteiger partial charge in [0.15, 0.2) is 0 Å². The molecule has 5 rings (SSSR count). The topological polar surface area (TPSA) is 74.3 Å².